The maximum Gasteiger partial charge on any atom is 0.223 e. The van der Waals surface area contributed by atoms with E-state index in [1.807, 2.05) is 23.1 Å². The van der Waals surface area contributed by atoms with Gasteiger partial charge < -0.3 is 9.64 Å². The summed E-state index contributed by atoms with van der Waals surface area (Å²) in [4.78, 5) is 14.9. The van der Waals surface area contributed by atoms with E-state index in [1.54, 1.807) is 4.31 Å². The highest BCUT2D eigenvalue weighted by Gasteiger charge is 2.48. The number of carbonyl (C=O) groups is 1. The highest BCUT2D eigenvalue weighted by molar-refractivity contribution is 7.90. The summed E-state index contributed by atoms with van der Waals surface area (Å²) < 4.78 is 33.4. The fourth-order valence-electron chi connectivity index (χ4n) is 5.26. The second-order valence-electron chi connectivity index (χ2n) is 9.16. The Bertz CT molecular complexity index is 882. The molecular formula is C22H30N2O4S. The Morgan fingerprint density at radius 3 is 2.45 bits per heavy atom. The lowest BCUT2D eigenvalue weighted by Gasteiger charge is -2.46. The Morgan fingerprint density at radius 1 is 1.07 bits per heavy atom. The predicted molar refractivity (Wildman–Crippen MR) is 110 cm³/mol. The molecule has 3 aliphatic heterocycles. The fraction of sp³-hybridized carbons (Fsp3) is 0.682. The first kappa shape index (κ1) is 19.4. The first-order chi connectivity index (χ1) is 14.0. The molecule has 0 unspecified atom stereocenters. The van der Waals surface area contributed by atoms with Gasteiger partial charge in [-0.1, -0.05) is 18.2 Å². The fourth-order valence-corrected chi connectivity index (χ4v) is 7.11. The number of sulfonamides is 1. The van der Waals surface area contributed by atoms with Crippen LogP contribution in [-0.2, 0) is 14.8 Å². The topological polar surface area (TPSA) is 66.9 Å². The van der Waals surface area contributed by atoms with E-state index in [0.717, 1.165) is 56.5 Å². The van der Waals surface area contributed by atoms with Crippen molar-refractivity contribution in [3.63, 3.8) is 0 Å². The molecule has 1 aromatic carbocycles. The van der Waals surface area contributed by atoms with Crippen molar-refractivity contribution in [2.45, 2.75) is 68.1 Å². The number of likely N-dealkylation sites (tertiary alicyclic amines) is 1. The molecule has 1 amide bonds. The summed E-state index contributed by atoms with van der Waals surface area (Å²) in [7, 11) is -3.13. The number of rotatable bonds is 4. The first-order valence-electron chi connectivity index (χ1n) is 11.0. The third-order valence-electron chi connectivity index (χ3n) is 7.12. The van der Waals surface area contributed by atoms with Crippen LogP contribution in [0.25, 0.3) is 0 Å². The molecule has 5 rings (SSSR count). The van der Waals surface area contributed by atoms with Gasteiger partial charge in [0.25, 0.3) is 0 Å². The predicted octanol–water partition coefficient (Wildman–Crippen LogP) is 2.89. The van der Waals surface area contributed by atoms with Crippen LogP contribution >= 0.6 is 0 Å². The number of carbonyl (C=O) groups excluding carboxylic acids is 1. The summed E-state index contributed by atoms with van der Waals surface area (Å²) in [5.74, 6) is 1.25. The van der Waals surface area contributed by atoms with Gasteiger partial charge in [-0.05, 0) is 43.7 Å². The second kappa shape index (κ2) is 7.27. The molecule has 1 aromatic rings. The highest BCUT2D eigenvalue weighted by atomic mass is 32.2. The van der Waals surface area contributed by atoms with Gasteiger partial charge in [-0.15, -0.1) is 0 Å². The molecule has 1 spiro atoms. The Kier molecular flexibility index (Phi) is 4.86. The van der Waals surface area contributed by atoms with Crippen LogP contribution in [0.1, 0.15) is 62.8 Å². The number of fused-ring (bicyclic) bond motifs is 1. The summed E-state index contributed by atoms with van der Waals surface area (Å²) in [5, 5.41) is -0.157. The number of benzene rings is 1. The number of piperidine rings is 1. The van der Waals surface area contributed by atoms with Gasteiger partial charge in [0, 0.05) is 51.4 Å². The molecule has 7 heteroatoms. The van der Waals surface area contributed by atoms with Crippen LogP contribution in [0.3, 0.4) is 0 Å². The van der Waals surface area contributed by atoms with Crippen molar-refractivity contribution < 1.29 is 17.9 Å². The second-order valence-corrected chi connectivity index (χ2v) is 11.4. The van der Waals surface area contributed by atoms with Gasteiger partial charge in [-0.3, -0.25) is 4.79 Å². The lowest BCUT2D eigenvalue weighted by Crippen LogP contribution is -2.52. The summed E-state index contributed by atoms with van der Waals surface area (Å²) in [6.07, 6.45) is 6.51. The number of hydrogen-bond donors (Lipinski definition) is 0. The first-order valence-corrected chi connectivity index (χ1v) is 12.5. The zero-order valence-corrected chi connectivity index (χ0v) is 17.7. The van der Waals surface area contributed by atoms with Crippen LogP contribution in [0.2, 0.25) is 0 Å². The van der Waals surface area contributed by atoms with E-state index in [9.17, 15) is 13.2 Å². The maximum atomic E-state index is 12.9. The minimum atomic E-state index is -3.13. The minimum absolute atomic E-state index is 0.139. The van der Waals surface area contributed by atoms with Crippen molar-refractivity contribution in [3.8, 4) is 5.75 Å². The van der Waals surface area contributed by atoms with Crippen LogP contribution in [0.15, 0.2) is 24.3 Å². The molecule has 1 aliphatic carbocycles. The van der Waals surface area contributed by atoms with Crippen molar-refractivity contribution in [3.05, 3.63) is 29.8 Å². The zero-order valence-electron chi connectivity index (χ0n) is 16.9. The number of amides is 1. The smallest absolute Gasteiger partial charge is 0.223 e. The Balaban J connectivity index is 1.33. The summed E-state index contributed by atoms with van der Waals surface area (Å²) >= 11 is 0. The molecule has 29 heavy (non-hydrogen) atoms. The van der Waals surface area contributed by atoms with Crippen LogP contribution in [0.4, 0.5) is 0 Å². The molecule has 0 N–H and O–H groups in total. The minimum Gasteiger partial charge on any atom is -0.487 e. The van der Waals surface area contributed by atoms with Gasteiger partial charge in [-0.2, -0.15) is 0 Å². The third kappa shape index (κ3) is 3.67. The normalized spacial score (nSPS) is 26.9. The molecule has 158 valence electrons. The van der Waals surface area contributed by atoms with E-state index >= 15 is 0 Å². The van der Waals surface area contributed by atoms with Crippen molar-refractivity contribution in [1.82, 2.24) is 9.21 Å². The van der Waals surface area contributed by atoms with Crippen LogP contribution < -0.4 is 4.74 Å². The van der Waals surface area contributed by atoms with Crippen molar-refractivity contribution in [1.29, 1.82) is 0 Å². The summed E-state index contributed by atoms with van der Waals surface area (Å²) in [6, 6.07) is 8.07. The van der Waals surface area contributed by atoms with E-state index in [4.69, 9.17) is 4.74 Å². The lowest BCUT2D eigenvalue weighted by molar-refractivity contribution is -0.131. The zero-order chi connectivity index (χ0) is 20.1. The van der Waals surface area contributed by atoms with Crippen molar-refractivity contribution >= 4 is 15.9 Å². The molecule has 4 aliphatic rings. The van der Waals surface area contributed by atoms with E-state index in [1.165, 1.54) is 0 Å². The molecule has 6 nitrogen and oxygen atoms in total. The molecule has 0 radical (unpaired) electrons. The highest BCUT2D eigenvalue weighted by Crippen LogP contribution is 2.47. The quantitative estimate of drug-likeness (QED) is 0.754. The molecule has 0 aromatic heterocycles. The van der Waals surface area contributed by atoms with E-state index < -0.39 is 10.0 Å². The van der Waals surface area contributed by atoms with E-state index in [-0.39, 0.29) is 22.7 Å². The van der Waals surface area contributed by atoms with E-state index in [2.05, 4.69) is 6.07 Å². The SMILES string of the molecule is O=C(C[C@H]1CC2(CCN(S(=O)(=O)C3CC3)CC2)Oc2ccccc21)N1CCCC1. The average Bonchev–Trinajstić information content (AvgIpc) is 3.44. The van der Waals surface area contributed by atoms with Gasteiger partial charge in [0.05, 0.1) is 5.25 Å². The number of para-hydroxylation sites is 1. The van der Waals surface area contributed by atoms with Gasteiger partial charge >= 0.3 is 0 Å². The largest absolute Gasteiger partial charge is 0.487 e. The van der Waals surface area contributed by atoms with Crippen LogP contribution in [-0.4, -0.2) is 60.6 Å². The van der Waals surface area contributed by atoms with Gasteiger partial charge in [0.2, 0.25) is 15.9 Å². The monoisotopic (exact) mass is 418 g/mol. The molecule has 1 atom stereocenters. The van der Waals surface area contributed by atoms with Crippen molar-refractivity contribution in [2.75, 3.05) is 26.2 Å². The average molecular weight is 419 g/mol. The molecule has 1 saturated carbocycles. The van der Waals surface area contributed by atoms with Gasteiger partial charge in [-0.25, -0.2) is 12.7 Å². The summed E-state index contributed by atoms with van der Waals surface area (Å²) in [6.45, 7) is 2.80. The molecule has 0 bridgehead atoms. The number of ether oxygens (including phenoxy) is 1. The third-order valence-corrected chi connectivity index (χ3v) is 9.52. The maximum absolute atomic E-state index is 12.9. The molecular weight excluding hydrogens is 388 g/mol. The molecule has 3 heterocycles. The van der Waals surface area contributed by atoms with Gasteiger partial charge in [0.1, 0.15) is 11.4 Å². The summed E-state index contributed by atoms with van der Waals surface area (Å²) in [5.41, 5.74) is 0.763. The Labute approximate surface area is 173 Å². The molecule has 2 saturated heterocycles. The molecule has 3 fully saturated rings. The number of nitrogens with zero attached hydrogens (tertiary/aromatic N) is 2. The van der Waals surface area contributed by atoms with Crippen molar-refractivity contribution in [2.24, 2.45) is 0 Å². The standard InChI is InChI=1S/C22H30N2O4S/c25-21(23-11-3-4-12-23)15-17-16-22(28-20-6-2-1-5-19(17)20)9-13-24(14-10-22)29(26,27)18-7-8-18/h1-2,5-6,17-18H,3-4,7-16H2/t17-/m0/s1. The Morgan fingerprint density at radius 2 is 1.76 bits per heavy atom. The lowest BCUT2D eigenvalue weighted by atomic mass is 9.76. The van der Waals surface area contributed by atoms with Gasteiger partial charge in [0.15, 0.2) is 0 Å². The van der Waals surface area contributed by atoms with E-state index in [0.29, 0.717) is 32.4 Å². The van der Waals surface area contributed by atoms with Crippen LogP contribution in [0, 0.1) is 0 Å². The van der Waals surface area contributed by atoms with Crippen LogP contribution in [0.5, 0.6) is 5.75 Å². The Hall–Kier alpha value is -1.60. The number of hydrogen-bond acceptors (Lipinski definition) is 4.